The average molecular weight is 285 g/mol. The fourth-order valence-electron chi connectivity index (χ4n) is 1.73. The van der Waals surface area contributed by atoms with Gasteiger partial charge in [0.1, 0.15) is 5.02 Å². The number of hydrogen-bond donors (Lipinski definition) is 2. The summed E-state index contributed by atoms with van der Waals surface area (Å²) in [6, 6.07) is 0.0253. The van der Waals surface area contributed by atoms with Crippen LogP contribution in [-0.4, -0.2) is 15.2 Å². The monoisotopic (exact) mass is 284 g/mol. The third-order valence-corrected chi connectivity index (χ3v) is 4.13. The highest BCUT2D eigenvalue weighted by Gasteiger charge is 2.15. The number of halogens is 1. The number of aryl methyl sites for hydroxylation is 2. The first kappa shape index (κ1) is 13.0. The minimum absolute atomic E-state index is 0.0253. The number of H-pyrrole nitrogens is 1. The molecule has 0 bridgehead atoms. The maximum absolute atomic E-state index is 11.3. The molecule has 0 radical (unpaired) electrons. The van der Waals surface area contributed by atoms with E-state index in [9.17, 15) is 4.79 Å². The van der Waals surface area contributed by atoms with E-state index in [-0.39, 0.29) is 11.1 Å². The first-order valence-corrected chi connectivity index (χ1v) is 6.62. The maximum Gasteiger partial charge on any atom is 0.285 e. The Hall–Kier alpha value is -1.40. The summed E-state index contributed by atoms with van der Waals surface area (Å²) in [7, 11) is 0. The second-order valence-electron chi connectivity index (χ2n) is 3.98. The van der Waals surface area contributed by atoms with Crippen molar-refractivity contribution in [1.82, 2.24) is 15.2 Å². The molecule has 0 aromatic carbocycles. The lowest BCUT2D eigenvalue weighted by atomic mass is 10.2. The molecule has 2 aromatic heterocycles. The molecule has 2 heterocycles. The number of rotatable bonds is 3. The van der Waals surface area contributed by atoms with Crippen molar-refractivity contribution < 1.29 is 0 Å². The largest absolute Gasteiger partial charge is 0.375 e. The van der Waals surface area contributed by atoms with Crippen molar-refractivity contribution in [2.45, 2.75) is 26.8 Å². The van der Waals surface area contributed by atoms with E-state index in [1.165, 1.54) is 6.20 Å². The zero-order valence-electron chi connectivity index (χ0n) is 10.2. The van der Waals surface area contributed by atoms with Gasteiger partial charge < -0.3 is 5.32 Å². The molecule has 0 spiro atoms. The molecule has 2 aromatic rings. The van der Waals surface area contributed by atoms with Gasteiger partial charge in [0.25, 0.3) is 5.56 Å². The van der Waals surface area contributed by atoms with Crippen molar-refractivity contribution in [1.29, 1.82) is 0 Å². The Morgan fingerprint density at radius 3 is 2.83 bits per heavy atom. The molecule has 0 fully saturated rings. The van der Waals surface area contributed by atoms with Crippen LogP contribution in [0.1, 0.15) is 28.5 Å². The van der Waals surface area contributed by atoms with Crippen LogP contribution in [-0.2, 0) is 0 Å². The number of hydrogen-bond acceptors (Lipinski definition) is 5. The lowest BCUT2D eigenvalue weighted by Gasteiger charge is -2.14. The molecule has 0 saturated heterocycles. The Kier molecular flexibility index (Phi) is 3.68. The van der Waals surface area contributed by atoms with Gasteiger partial charge in [-0.1, -0.05) is 11.6 Å². The van der Waals surface area contributed by atoms with E-state index in [2.05, 4.69) is 20.5 Å². The Labute approximate surface area is 113 Å². The number of thiazole rings is 1. The zero-order valence-corrected chi connectivity index (χ0v) is 11.8. The summed E-state index contributed by atoms with van der Waals surface area (Å²) in [6.45, 7) is 5.93. The van der Waals surface area contributed by atoms with E-state index in [0.29, 0.717) is 5.69 Å². The maximum atomic E-state index is 11.3. The molecular formula is C11H13ClN4OS. The Morgan fingerprint density at radius 2 is 2.22 bits per heavy atom. The first-order valence-electron chi connectivity index (χ1n) is 5.42. The normalized spacial score (nSPS) is 12.4. The van der Waals surface area contributed by atoms with Gasteiger partial charge in [0.15, 0.2) is 0 Å². The van der Waals surface area contributed by atoms with E-state index in [4.69, 9.17) is 11.6 Å². The van der Waals surface area contributed by atoms with Crippen molar-refractivity contribution in [2.75, 3.05) is 5.32 Å². The van der Waals surface area contributed by atoms with Crippen LogP contribution in [0.3, 0.4) is 0 Å². The molecule has 2 N–H and O–H groups in total. The molecule has 5 nitrogen and oxygen atoms in total. The van der Waals surface area contributed by atoms with Gasteiger partial charge in [-0.25, -0.2) is 10.1 Å². The SMILES string of the molecule is Cc1nc(C)c(C(C)Nc2cn[nH]c(=O)c2Cl)s1. The van der Waals surface area contributed by atoms with Gasteiger partial charge in [-0.3, -0.25) is 4.79 Å². The molecule has 18 heavy (non-hydrogen) atoms. The predicted octanol–water partition coefficient (Wildman–Crippen LogP) is 2.67. The second-order valence-corrected chi connectivity index (χ2v) is 5.59. The van der Waals surface area contributed by atoms with Gasteiger partial charge in [-0.2, -0.15) is 5.10 Å². The van der Waals surface area contributed by atoms with Crippen LogP contribution in [0.25, 0.3) is 0 Å². The summed E-state index contributed by atoms with van der Waals surface area (Å²) in [6.07, 6.45) is 1.50. The topological polar surface area (TPSA) is 70.7 Å². The molecule has 2 rings (SSSR count). The summed E-state index contributed by atoms with van der Waals surface area (Å²) in [5.74, 6) is 0. The van der Waals surface area contributed by atoms with Gasteiger partial charge >= 0.3 is 0 Å². The van der Waals surface area contributed by atoms with Crippen LogP contribution in [0.15, 0.2) is 11.0 Å². The third kappa shape index (κ3) is 2.54. The summed E-state index contributed by atoms with van der Waals surface area (Å²) < 4.78 is 0. The Morgan fingerprint density at radius 1 is 1.50 bits per heavy atom. The number of nitrogens with zero attached hydrogens (tertiary/aromatic N) is 2. The minimum atomic E-state index is -0.397. The van der Waals surface area contributed by atoms with Gasteiger partial charge in [0, 0.05) is 4.88 Å². The summed E-state index contributed by atoms with van der Waals surface area (Å²) in [5.41, 5.74) is 1.12. The molecule has 0 saturated carbocycles. The number of aromatic nitrogens is 3. The summed E-state index contributed by atoms with van der Waals surface area (Å²) >= 11 is 7.54. The number of anilines is 1. The number of nitrogens with one attached hydrogen (secondary N) is 2. The highest BCUT2D eigenvalue weighted by molar-refractivity contribution is 7.11. The summed E-state index contributed by atoms with van der Waals surface area (Å²) in [4.78, 5) is 16.8. The quantitative estimate of drug-likeness (QED) is 0.909. The van der Waals surface area contributed by atoms with Crippen LogP contribution in [0, 0.1) is 13.8 Å². The van der Waals surface area contributed by atoms with Crippen LogP contribution in [0.2, 0.25) is 5.02 Å². The van der Waals surface area contributed by atoms with Crippen LogP contribution in [0.4, 0.5) is 5.69 Å². The molecule has 0 aliphatic rings. The van der Waals surface area contributed by atoms with Crippen molar-refractivity contribution in [2.24, 2.45) is 0 Å². The number of aromatic amines is 1. The average Bonchev–Trinajstić information content (AvgIpc) is 2.64. The molecule has 7 heteroatoms. The van der Waals surface area contributed by atoms with Crippen molar-refractivity contribution in [3.63, 3.8) is 0 Å². The fraction of sp³-hybridized carbons (Fsp3) is 0.364. The van der Waals surface area contributed by atoms with Crippen LogP contribution in [0.5, 0.6) is 0 Å². The smallest absolute Gasteiger partial charge is 0.285 e. The van der Waals surface area contributed by atoms with E-state index >= 15 is 0 Å². The summed E-state index contributed by atoms with van der Waals surface area (Å²) in [5, 5.41) is 10.3. The van der Waals surface area contributed by atoms with Crippen LogP contribution >= 0.6 is 22.9 Å². The minimum Gasteiger partial charge on any atom is -0.375 e. The molecule has 1 atom stereocenters. The van der Waals surface area contributed by atoms with Gasteiger partial charge in [0.05, 0.1) is 28.6 Å². The lowest BCUT2D eigenvalue weighted by Crippen LogP contribution is -2.14. The van der Waals surface area contributed by atoms with E-state index in [0.717, 1.165) is 15.6 Å². The Balaban J connectivity index is 2.26. The van der Waals surface area contributed by atoms with Gasteiger partial charge in [-0.05, 0) is 20.8 Å². The molecule has 0 aliphatic carbocycles. The molecular weight excluding hydrogens is 272 g/mol. The van der Waals surface area contributed by atoms with Crippen molar-refractivity contribution >= 4 is 28.6 Å². The molecule has 1 unspecified atom stereocenters. The van der Waals surface area contributed by atoms with Crippen LogP contribution < -0.4 is 10.9 Å². The van der Waals surface area contributed by atoms with Gasteiger partial charge in [-0.15, -0.1) is 11.3 Å². The first-order chi connectivity index (χ1) is 8.49. The van der Waals surface area contributed by atoms with E-state index in [1.807, 2.05) is 20.8 Å². The Bertz CT molecular complexity index is 622. The third-order valence-electron chi connectivity index (χ3n) is 2.50. The van der Waals surface area contributed by atoms with Crippen molar-refractivity contribution in [3.8, 4) is 0 Å². The zero-order chi connectivity index (χ0) is 13.3. The van der Waals surface area contributed by atoms with Crippen molar-refractivity contribution in [3.05, 3.63) is 37.2 Å². The molecule has 0 amide bonds. The standard InChI is InChI=1S/C11H13ClN4OS/c1-5-10(18-7(3)14-5)6(2)15-8-4-13-16-11(17)9(8)12/h4,6H,1-3H3,(H2,15,16,17). The highest BCUT2D eigenvalue weighted by Crippen LogP contribution is 2.28. The van der Waals surface area contributed by atoms with Gasteiger partial charge in [0.2, 0.25) is 0 Å². The fourth-order valence-corrected chi connectivity index (χ4v) is 2.81. The van der Waals surface area contributed by atoms with E-state index < -0.39 is 5.56 Å². The highest BCUT2D eigenvalue weighted by atomic mass is 35.5. The second kappa shape index (κ2) is 5.07. The molecule has 0 aliphatic heterocycles. The van der Waals surface area contributed by atoms with E-state index in [1.54, 1.807) is 11.3 Å². The lowest BCUT2D eigenvalue weighted by molar-refractivity contribution is 0.879. The predicted molar refractivity (Wildman–Crippen MR) is 73.5 cm³/mol. The molecule has 96 valence electrons.